The Morgan fingerprint density at radius 2 is 1.79 bits per heavy atom. The maximum atomic E-state index is 14.5. The van der Waals surface area contributed by atoms with Crippen molar-refractivity contribution in [3.63, 3.8) is 0 Å². The lowest BCUT2D eigenvalue weighted by Crippen LogP contribution is -2.52. The molecule has 1 atom stereocenters. The molecule has 3 aliphatic rings. The molecule has 8 nitrogen and oxygen atoms in total. The zero-order valence-electron chi connectivity index (χ0n) is 21.7. The molecule has 2 aromatic rings. The zero-order chi connectivity index (χ0) is 27.0. The van der Waals surface area contributed by atoms with Gasteiger partial charge >= 0.3 is 0 Å². The SMILES string of the molecule is CCCN1C(=O)[C@@]2(C(=C(O)c3ccc(C)c(F)c3)C(=O)C(=O)N2CCCN2CCOCC2)c2ccccc21. The van der Waals surface area contributed by atoms with Gasteiger partial charge in [0.2, 0.25) is 0 Å². The lowest BCUT2D eigenvalue weighted by Gasteiger charge is -2.35. The first kappa shape index (κ1) is 26.1. The molecule has 0 saturated carbocycles. The van der Waals surface area contributed by atoms with E-state index in [2.05, 4.69) is 4.90 Å². The number of carbonyl (C=O) groups is 3. The summed E-state index contributed by atoms with van der Waals surface area (Å²) < 4.78 is 19.9. The molecule has 38 heavy (non-hydrogen) atoms. The third-order valence-corrected chi connectivity index (χ3v) is 7.66. The Kier molecular flexibility index (Phi) is 7.07. The lowest BCUT2D eigenvalue weighted by atomic mass is 9.81. The number of ether oxygens (including phenoxy) is 1. The molecule has 0 aromatic heterocycles. The van der Waals surface area contributed by atoms with Crippen molar-refractivity contribution < 1.29 is 28.6 Å². The van der Waals surface area contributed by atoms with Crippen LogP contribution in [0.5, 0.6) is 0 Å². The van der Waals surface area contributed by atoms with Gasteiger partial charge in [-0.05, 0) is 37.5 Å². The molecular weight excluding hydrogens is 489 g/mol. The summed E-state index contributed by atoms with van der Waals surface area (Å²) in [6, 6.07) is 11.2. The molecule has 3 heterocycles. The van der Waals surface area contributed by atoms with Crippen LogP contribution < -0.4 is 4.90 Å². The quantitative estimate of drug-likeness (QED) is 0.342. The molecule has 2 fully saturated rings. The van der Waals surface area contributed by atoms with Gasteiger partial charge in [0.25, 0.3) is 17.6 Å². The van der Waals surface area contributed by atoms with Gasteiger partial charge in [0, 0.05) is 43.9 Å². The number of halogens is 1. The topological polar surface area (TPSA) is 90.4 Å². The van der Waals surface area contributed by atoms with Crippen LogP contribution in [0.1, 0.15) is 36.5 Å². The van der Waals surface area contributed by atoms with Crippen LogP contribution in [0, 0.1) is 12.7 Å². The van der Waals surface area contributed by atoms with Crippen LogP contribution in [0.2, 0.25) is 0 Å². The van der Waals surface area contributed by atoms with Crippen molar-refractivity contribution in [2.24, 2.45) is 0 Å². The summed E-state index contributed by atoms with van der Waals surface area (Å²) in [6.45, 7) is 7.54. The monoisotopic (exact) mass is 521 g/mol. The van der Waals surface area contributed by atoms with Gasteiger partial charge in [-0.3, -0.25) is 19.3 Å². The van der Waals surface area contributed by atoms with E-state index in [0.717, 1.165) is 19.2 Å². The zero-order valence-corrected chi connectivity index (χ0v) is 21.7. The molecule has 200 valence electrons. The fourth-order valence-corrected chi connectivity index (χ4v) is 5.77. The van der Waals surface area contributed by atoms with Gasteiger partial charge in [0.1, 0.15) is 11.6 Å². The van der Waals surface area contributed by atoms with E-state index in [1.807, 2.05) is 6.92 Å². The Hall–Kier alpha value is -3.56. The van der Waals surface area contributed by atoms with E-state index in [1.54, 1.807) is 36.1 Å². The highest BCUT2D eigenvalue weighted by molar-refractivity contribution is 6.50. The molecule has 1 N–H and O–H groups in total. The van der Waals surface area contributed by atoms with E-state index in [9.17, 15) is 23.9 Å². The van der Waals surface area contributed by atoms with Crippen molar-refractivity contribution >= 4 is 29.0 Å². The number of hydrogen-bond acceptors (Lipinski definition) is 6. The summed E-state index contributed by atoms with van der Waals surface area (Å²) in [4.78, 5) is 46.7. The number of aryl methyl sites for hydroxylation is 1. The number of morpholine rings is 1. The van der Waals surface area contributed by atoms with Crippen molar-refractivity contribution in [1.29, 1.82) is 0 Å². The molecule has 0 radical (unpaired) electrons. The molecular formula is C29H32FN3O5. The van der Waals surface area contributed by atoms with Crippen LogP contribution in [0.4, 0.5) is 10.1 Å². The van der Waals surface area contributed by atoms with Crippen molar-refractivity contribution in [1.82, 2.24) is 9.80 Å². The predicted octanol–water partition coefficient (Wildman–Crippen LogP) is 3.19. The van der Waals surface area contributed by atoms with Gasteiger partial charge in [0.15, 0.2) is 5.54 Å². The molecule has 2 aromatic carbocycles. The number of Topliss-reactive ketones (excluding diaryl/α,β-unsaturated/α-hetero) is 1. The van der Waals surface area contributed by atoms with E-state index in [0.29, 0.717) is 56.0 Å². The molecule has 9 heteroatoms. The molecule has 2 saturated heterocycles. The van der Waals surface area contributed by atoms with Gasteiger partial charge in [-0.15, -0.1) is 0 Å². The van der Waals surface area contributed by atoms with E-state index >= 15 is 0 Å². The van der Waals surface area contributed by atoms with Crippen molar-refractivity contribution in [2.75, 3.05) is 50.8 Å². The van der Waals surface area contributed by atoms with Crippen LogP contribution in [-0.2, 0) is 24.7 Å². The maximum absolute atomic E-state index is 14.5. The number of nitrogens with zero attached hydrogens (tertiary/aromatic N) is 3. The standard InChI is InChI=1S/C29H32FN3O5/c1-3-11-32-23-8-5-4-7-21(23)29(28(32)37)24(25(34)20-10-9-19(2)22(30)18-20)26(35)27(36)33(29)13-6-12-31-14-16-38-17-15-31/h4-5,7-10,18,34H,3,6,11-17H2,1-2H3/t29-/m0/s1. The molecule has 5 rings (SSSR count). The molecule has 0 unspecified atom stereocenters. The summed E-state index contributed by atoms with van der Waals surface area (Å²) in [5.41, 5.74) is -0.655. The molecule has 0 aliphatic carbocycles. The average Bonchev–Trinajstić information content (AvgIpc) is 3.30. The summed E-state index contributed by atoms with van der Waals surface area (Å²) in [5.74, 6) is -3.37. The highest BCUT2D eigenvalue weighted by Crippen LogP contribution is 2.53. The number of likely N-dealkylation sites (tertiary alicyclic amines) is 1. The molecule has 3 aliphatic heterocycles. The highest BCUT2D eigenvalue weighted by Gasteiger charge is 2.66. The third kappa shape index (κ3) is 4.01. The number of ketones is 1. The maximum Gasteiger partial charge on any atom is 0.296 e. The Morgan fingerprint density at radius 1 is 1.05 bits per heavy atom. The Morgan fingerprint density at radius 3 is 2.50 bits per heavy atom. The first-order valence-corrected chi connectivity index (χ1v) is 13.1. The summed E-state index contributed by atoms with van der Waals surface area (Å²) in [7, 11) is 0. The predicted molar refractivity (Wildman–Crippen MR) is 140 cm³/mol. The van der Waals surface area contributed by atoms with E-state index in [4.69, 9.17) is 4.74 Å². The number of fused-ring (bicyclic) bond motifs is 2. The number of amides is 2. The first-order valence-electron chi connectivity index (χ1n) is 13.1. The highest BCUT2D eigenvalue weighted by atomic mass is 19.1. The van der Waals surface area contributed by atoms with Crippen LogP contribution in [0.3, 0.4) is 0 Å². The third-order valence-electron chi connectivity index (χ3n) is 7.66. The average molecular weight is 522 g/mol. The number of benzene rings is 2. The van der Waals surface area contributed by atoms with Gasteiger partial charge in [0.05, 0.1) is 24.5 Å². The van der Waals surface area contributed by atoms with Gasteiger partial charge in [-0.1, -0.05) is 37.3 Å². The Labute approximate surface area is 221 Å². The van der Waals surface area contributed by atoms with Crippen molar-refractivity contribution in [2.45, 2.75) is 32.2 Å². The Bertz CT molecular complexity index is 1320. The fourth-order valence-electron chi connectivity index (χ4n) is 5.77. The van der Waals surface area contributed by atoms with Gasteiger partial charge < -0.3 is 19.6 Å². The first-order chi connectivity index (χ1) is 18.3. The van der Waals surface area contributed by atoms with Crippen molar-refractivity contribution in [3.05, 3.63) is 70.5 Å². The second kappa shape index (κ2) is 10.3. The van der Waals surface area contributed by atoms with Crippen molar-refractivity contribution in [3.8, 4) is 0 Å². The van der Waals surface area contributed by atoms with Gasteiger partial charge in [-0.2, -0.15) is 0 Å². The number of rotatable bonds is 7. The molecule has 1 spiro atoms. The fraction of sp³-hybridized carbons (Fsp3) is 0.414. The molecule has 0 bridgehead atoms. The van der Waals surface area contributed by atoms with Crippen LogP contribution in [0.15, 0.2) is 48.0 Å². The van der Waals surface area contributed by atoms with E-state index in [-0.39, 0.29) is 17.7 Å². The van der Waals surface area contributed by atoms with Crippen LogP contribution in [-0.4, -0.2) is 78.4 Å². The normalized spacial score (nSPS) is 23.1. The number of para-hydroxylation sites is 1. The summed E-state index contributed by atoms with van der Waals surface area (Å²) in [6.07, 6.45) is 1.18. The number of aliphatic hydroxyl groups is 1. The largest absolute Gasteiger partial charge is 0.507 e. The van der Waals surface area contributed by atoms with E-state index in [1.165, 1.54) is 17.0 Å². The van der Waals surface area contributed by atoms with Gasteiger partial charge in [-0.25, -0.2) is 4.39 Å². The molecule has 2 amide bonds. The lowest BCUT2D eigenvalue weighted by molar-refractivity contribution is -0.143. The minimum atomic E-state index is -1.82. The number of carbonyl (C=O) groups excluding carboxylic acids is 3. The number of aliphatic hydroxyl groups excluding tert-OH is 1. The number of anilines is 1. The minimum Gasteiger partial charge on any atom is -0.507 e. The summed E-state index contributed by atoms with van der Waals surface area (Å²) in [5, 5.41) is 11.5. The second-order valence-electron chi connectivity index (χ2n) is 9.97. The Balaban J connectivity index is 1.66. The van der Waals surface area contributed by atoms with Crippen LogP contribution >= 0.6 is 0 Å². The van der Waals surface area contributed by atoms with Crippen LogP contribution in [0.25, 0.3) is 5.76 Å². The number of hydrogen-bond donors (Lipinski definition) is 1. The smallest absolute Gasteiger partial charge is 0.296 e. The minimum absolute atomic E-state index is 0.0398. The summed E-state index contributed by atoms with van der Waals surface area (Å²) >= 11 is 0. The van der Waals surface area contributed by atoms with E-state index < -0.39 is 34.7 Å². The second-order valence-corrected chi connectivity index (χ2v) is 9.97.